The van der Waals surface area contributed by atoms with E-state index in [0.717, 1.165) is 18.8 Å². The van der Waals surface area contributed by atoms with E-state index in [0.29, 0.717) is 18.4 Å². The lowest BCUT2D eigenvalue weighted by Crippen LogP contribution is -2.42. The first-order valence-corrected chi connectivity index (χ1v) is 7.53. The highest BCUT2D eigenvalue weighted by molar-refractivity contribution is 5.92. The van der Waals surface area contributed by atoms with Gasteiger partial charge in [-0.3, -0.25) is 9.69 Å². The average Bonchev–Trinajstić information content (AvgIpc) is 2.32. The number of benzene rings is 1. The van der Waals surface area contributed by atoms with Gasteiger partial charge in [0.15, 0.2) is 0 Å². The molecule has 3 heteroatoms. The van der Waals surface area contributed by atoms with E-state index < -0.39 is 0 Å². The molecule has 2 unspecified atom stereocenters. The number of carbonyl (C=O) groups is 1. The van der Waals surface area contributed by atoms with Crippen LogP contribution in [0.2, 0.25) is 0 Å². The number of amides is 1. The fourth-order valence-corrected chi connectivity index (χ4v) is 3.14. The van der Waals surface area contributed by atoms with Crippen LogP contribution in [-0.2, 0) is 4.79 Å². The maximum Gasteiger partial charge on any atom is 0.238 e. The first kappa shape index (κ1) is 15.0. The summed E-state index contributed by atoms with van der Waals surface area (Å²) < 4.78 is 0. The molecule has 0 spiro atoms. The maximum absolute atomic E-state index is 12.1. The summed E-state index contributed by atoms with van der Waals surface area (Å²) in [7, 11) is 0. The molecule has 1 amide bonds. The molecule has 0 radical (unpaired) electrons. The van der Waals surface area contributed by atoms with E-state index in [2.05, 4.69) is 44.0 Å². The summed E-state index contributed by atoms with van der Waals surface area (Å²) in [5, 5.41) is 3.01. The van der Waals surface area contributed by atoms with Crippen LogP contribution in [0.15, 0.2) is 18.2 Å². The molecule has 0 bridgehead atoms. The summed E-state index contributed by atoms with van der Waals surface area (Å²) in [6.07, 6.45) is 1.27. The molecular weight excluding hydrogens is 248 g/mol. The maximum atomic E-state index is 12.1. The summed E-state index contributed by atoms with van der Waals surface area (Å²) in [6, 6.07) is 6.06. The van der Waals surface area contributed by atoms with Crippen molar-refractivity contribution in [2.24, 2.45) is 11.8 Å². The van der Waals surface area contributed by atoms with Gasteiger partial charge in [0.05, 0.1) is 6.54 Å². The Morgan fingerprint density at radius 2 is 1.85 bits per heavy atom. The third kappa shape index (κ3) is 4.07. The summed E-state index contributed by atoms with van der Waals surface area (Å²) in [6.45, 7) is 11.3. The Morgan fingerprint density at radius 1 is 1.20 bits per heavy atom. The number of carbonyl (C=O) groups excluding carboxylic acids is 1. The molecule has 1 aromatic rings. The number of hydrogen-bond acceptors (Lipinski definition) is 2. The van der Waals surface area contributed by atoms with E-state index in [1.165, 1.54) is 17.5 Å². The van der Waals surface area contributed by atoms with Crippen molar-refractivity contribution in [3.63, 3.8) is 0 Å². The zero-order chi connectivity index (χ0) is 14.7. The molecule has 3 nitrogen and oxygen atoms in total. The molecule has 2 rings (SSSR count). The molecule has 0 aliphatic carbocycles. The number of aryl methyl sites for hydroxylation is 2. The molecule has 1 heterocycles. The van der Waals surface area contributed by atoms with Gasteiger partial charge in [-0.15, -0.1) is 0 Å². The molecule has 20 heavy (non-hydrogen) atoms. The van der Waals surface area contributed by atoms with Crippen molar-refractivity contribution in [3.8, 4) is 0 Å². The first-order chi connectivity index (χ1) is 9.44. The third-order valence-corrected chi connectivity index (χ3v) is 4.10. The Balaban J connectivity index is 1.90. The monoisotopic (exact) mass is 274 g/mol. The van der Waals surface area contributed by atoms with Crippen molar-refractivity contribution in [2.45, 2.75) is 34.1 Å². The van der Waals surface area contributed by atoms with Gasteiger partial charge >= 0.3 is 0 Å². The summed E-state index contributed by atoms with van der Waals surface area (Å²) >= 11 is 0. The Labute approximate surface area is 122 Å². The predicted octanol–water partition coefficient (Wildman–Crippen LogP) is 3.22. The molecule has 1 aromatic carbocycles. The zero-order valence-electron chi connectivity index (χ0n) is 13.1. The zero-order valence-corrected chi connectivity index (χ0v) is 13.1. The van der Waals surface area contributed by atoms with E-state index in [9.17, 15) is 4.79 Å². The number of rotatable bonds is 3. The van der Waals surface area contributed by atoms with Crippen LogP contribution in [0.4, 0.5) is 5.69 Å². The average molecular weight is 274 g/mol. The Hall–Kier alpha value is -1.35. The Morgan fingerprint density at radius 3 is 2.45 bits per heavy atom. The topological polar surface area (TPSA) is 32.3 Å². The molecule has 2 atom stereocenters. The van der Waals surface area contributed by atoms with E-state index in [1.807, 2.05) is 12.1 Å². The lowest BCUT2D eigenvalue weighted by Gasteiger charge is -2.34. The summed E-state index contributed by atoms with van der Waals surface area (Å²) in [4.78, 5) is 14.4. The molecule has 1 N–H and O–H groups in total. The van der Waals surface area contributed by atoms with Crippen LogP contribution in [0.3, 0.4) is 0 Å². The van der Waals surface area contributed by atoms with Crippen molar-refractivity contribution in [3.05, 3.63) is 29.3 Å². The van der Waals surface area contributed by atoms with Crippen LogP contribution >= 0.6 is 0 Å². The highest BCUT2D eigenvalue weighted by Crippen LogP contribution is 2.21. The van der Waals surface area contributed by atoms with Crippen LogP contribution in [0.25, 0.3) is 0 Å². The van der Waals surface area contributed by atoms with Gasteiger partial charge in [0, 0.05) is 18.8 Å². The lowest BCUT2D eigenvalue weighted by atomic mass is 9.92. The van der Waals surface area contributed by atoms with Gasteiger partial charge in [-0.2, -0.15) is 0 Å². The first-order valence-electron chi connectivity index (χ1n) is 7.53. The van der Waals surface area contributed by atoms with E-state index in [1.54, 1.807) is 0 Å². The van der Waals surface area contributed by atoms with Gasteiger partial charge in [0.25, 0.3) is 0 Å². The van der Waals surface area contributed by atoms with E-state index in [4.69, 9.17) is 0 Å². The highest BCUT2D eigenvalue weighted by Gasteiger charge is 2.23. The van der Waals surface area contributed by atoms with Gasteiger partial charge in [0.2, 0.25) is 5.91 Å². The minimum absolute atomic E-state index is 0.0922. The minimum Gasteiger partial charge on any atom is -0.325 e. The third-order valence-electron chi connectivity index (χ3n) is 4.10. The largest absolute Gasteiger partial charge is 0.325 e. The number of piperidine rings is 1. The molecule has 1 aliphatic rings. The number of likely N-dealkylation sites (tertiary alicyclic amines) is 1. The minimum atomic E-state index is 0.0922. The van der Waals surface area contributed by atoms with Crippen molar-refractivity contribution in [1.29, 1.82) is 0 Å². The van der Waals surface area contributed by atoms with Crippen LogP contribution in [0.5, 0.6) is 0 Å². The highest BCUT2D eigenvalue weighted by atomic mass is 16.2. The fraction of sp³-hybridized carbons (Fsp3) is 0.588. The Bertz CT molecular complexity index is 474. The van der Waals surface area contributed by atoms with E-state index >= 15 is 0 Å². The molecule has 1 aliphatic heterocycles. The summed E-state index contributed by atoms with van der Waals surface area (Å²) in [5.74, 6) is 1.47. The van der Waals surface area contributed by atoms with Gasteiger partial charge in [-0.05, 0) is 55.4 Å². The second kappa shape index (κ2) is 6.40. The predicted molar refractivity (Wildman–Crippen MR) is 83.9 cm³/mol. The van der Waals surface area contributed by atoms with Crippen molar-refractivity contribution < 1.29 is 4.79 Å². The van der Waals surface area contributed by atoms with Crippen molar-refractivity contribution in [2.75, 3.05) is 25.0 Å². The number of hydrogen-bond donors (Lipinski definition) is 1. The molecule has 1 fully saturated rings. The standard InChI is InChI=1S/C17H26N2O/c1-12-7-13(2)10-19(9-12)11-17(20)18-16-6-5-14(3)15(4)8-16/h5-6,8,12-13H,7,9-11H2,1-4H3,(H,18,20). The second-order valence-electron chi connectivity index (χ2n) is 6.49. The second-order valence-corrected chi connectivity index (χ2v) is 6.49. The number of nitrogens with zero attached hydrogens (tertiary/aromatic N) is 1. The van der Waals surface area contributed by atoms with Crippen LogP contribution in [0, 0.1) is 25.7 Å². The SMILES string of the molecule is Cc1ccc(NC(=O)CN2CC(C)CC(C)C2)cc1C. The normalized spacial score (nSPS) is 23.6. The Kier molecular flexibility index (Phi) is 4.81. The van der Waals surface area contributed by atoms with E-state index in [-0.39, 0.29) is 5.91 Å². The number of anilines is 1. The molecule has 0 aromatic heterocycles. The van der Waals surface area contributed by atoms with Crippen LogP contribution < -0.4 is 5.32 Å². The smallest absolute Gasteiger partial charge is 0.238 e. The van der Waals surface area contributed by atoms with Gasteiger partial charge in [-0.25, -0.2) is 0 Å². The molecule has 110 valence electrons. The number of nitrogens with one attached hydrogen (secondary N) is 1. The van der Waals surface area contributed by atoms with Crippen molar-refractivity contribution in [1.82, 2.24) is 4.90 Å². The fourth-order valence-electron chi connectivity index (χ4n) is 3.14. The summed E-state index contributed by atoms with van der Waals surface area (Å²) in [5.41, 5.74) is 3.36. The molecular formula is C17H26N2O. The van der Waals surface area contributed by atoms with Crippen LogP contribution in [0.1, 0.15) is 31.4 Å². The van der Waals surface area contributed by atoms with Crippen LogP contribution in [-0.4, -0.2) is 30.4 Å². The molecule has 1 saturated heterocycles. The van der Waals surface area contributed by atoms with Gasteiger partial charge in [-0.1, -0.05) is 19.9 Å². The quantitative estimate of drug-likeness (QED) is 0.918. The van der Waals surface area contributed by atoms with Gasteiger partial charge in [0.1, 0.15) is 0 Å². The van der Waals surface area contributed by atoms with Gasteiger partial charge < -0.3 is 5.32 Å². The lowest BCUT2D eigenvalue weighted by molar-refractivity contribution is -0.117. The van der Waals surface area contributed by atoms with Crippen molar-refractivity contribution >= 4 is 11.6 Å². The molecule has 0 saturated carbocycles.